The second kappa shape index (κ2) is 4.93. The van der Waals surface area contributed by atoms with E-state index in [-0.39, 0.29) is 0 Å². The highest BCUT2D eigenvalue weighted by Crippen LogP contribution is 2.31. The molecule has 1 aliphatic heterocycles. The van der Waals surface area contributed by atoms with Crippen molar-refractivity contribution >= 4 is 5.69 Å². The predicted molar refractivity (Wildman–Crippen MR) is 77.3 cm³/mol. The third-order valence-corrected chi connectivity index (χ3v) is 4.55. The highest BCUT2D eigenvalue weighted by molar-refractivity contribution is 5.56. The van der Waals surface area contributed by atoms with Crippen LogP contribution in [0.1, 0.15) is 36.8 Å². The summed E-state index contributed by atoms with van der Waals surface area (Å²) in [5.74, 6) is 0. The number of hydrogen-bond acceptors (Lipinski definition) is 2. The van der Waals surface area contributed by atoms with E-state index in [1.807, 2.05) is 0 Å². The number of nitrogens with one attached hydrogen (secondary N) is 1. The van der Waals surface area contributed by atoms with E-state index >= 15 is 0 Å². The molecule has 2 aliphatic rings. The Morgan fingerprint density at radius 2 is 2.00 bits per heavy atom. The number of fused-ring (bicyclic) bond motifs is 1. The zero-order chi connectivity index (χ0) is 12.5. The van der Waals surface area contributed by atoms with Crippen molar-refractivity contribution in [1.29, 1.82) is 0 Å². The van der Waals surface area contributed by atoms with E-state index in [9.17, 15) is 0 Å². The molecule has 0 amide bonds. The monoisotopic (exact) mass is 244 g/mol. The summed E-state index contributed by atoms with van der Waals surface area (Å²) in [5.41, 5.74) is 4.26. The molecule has 1 aliphatic carbocycles. The Balaban J connectivity index is 1.89. The van der Waals surface area contributed by atoms with Crippen LogP contribution >= 0.6 is 0 Å². The van der Waals surface area contributed by atoms with Gasteiger partial charge in [0.2, 0.25) is 0 Å². The maximum atomic E-state index is 3.71. The van der Waals surface area contributed by atoms with Crippen molar-refractivity contribution in [3.8, 4) is 0 Å². The van der Waals surface area contributed by atoms with Gasteiger partial charge in [-0.2, -0.15) is 0 Å². The Morgan fingerprint density at radius 1 is 1.17 bits per heavy atom. The van der Waals surface area contributed by atoms with Gasteiger partial charge in [0.05, 0.1) is 0 Å². The summed E-state index contributed by atoms with van der Waals surface area (Å²) >= 11 is 0. The lowest BCUT2D eigenvalue weighted by Gasteiger charge is -2.46. The van der Waals surface area contributed by atoms with Crippen LogP contribution in [0.15, 0.2) is 18.2 Å². The van der Waals surface area contributed by atoms with E-state index < -0.39 is 0 Å². The number of piperazine rings is 1. The van der Waals surface area contributed by atoms with Gasteiger partial charge in [0.1, 0.15) is 0 Å². The Kier molecular flexibility index (Phi) is 3.29. The molecule has 1 N–H and O–H groups in total. The zero-order valence-corrected chi connectivity index (χ0v) is 11.6. The minimum Gasteiger partial charge on any atom is -0.365 e. The summed E-state index contributed by atoms with van der Waals surface area (Å²) < 4.78 is 0. The molecule has 1 aromatic rings. The van der Waals surface area contributed by atoms with Crippen LogP contribution in [0.3, 0.4) is 0 Å². The van der Waals surface area contributed by atoms with Crippen LogP contribution in [0.4, 0.5) is 5.69 Å². The molecule has 1 heterocycles. The molecule has 0 spiro atoms. The average Bonchev–Trinajstić information content (AvgIpc) is 2.38. The van der Waals surface area contributed by atoms with Crippen LogP contribution < -0.4 is 10.2 Å². The van der Waals surface area contributed by atoms with Crippen molar-refractivity contribution in [2.45, 2.75) is 51.6 Å². The third kappa shape index (κ3) is 2.14. The summed E-state index contributed by atoms with van der Waals surface area (Å²) in [6, 6.07) is 8.32. The summed E-state index contributed by atoms with van der Waals surface area (Å²) in [7, 11) is 0. The molecule has 2 heteroatoms. The molecule has 0 bridgehead atoms. The molecular formula is C16H24N2. The summed E-state index contributed by atoms with van der Waals surface area (Å²) in [4.78, 5) is 2.66. The topological polar surface area (TPSA) is 15.3 Å². The van der Waals surface area contributed by atoms with E-state index in [1.54, 1.807) is 0 Å². The Morgan fingerprint density at radius 3 is 2.83 bits per heavy atom. The van der Waals surface area contributed by atoms with Gasteiger partial charge in [-0.25, -0.2) is 0 Å². The SMILES string of the molecule is Cc1ccc(N2CCN[C@H]3CCCC[C@H]32)c(C)c1. The summed E-state index contributed by atoms with van der Waals surface area (Å²) in [6.07, 6.45) is 5.50. The maximum Gasteiger partial charge on any atom is 0.0443 e. The number of hydrogen-bond donors (Lipinski definition) is 1. The van der Waals surface area contributed by atoms with Crippen LogP contribution in [-0.2, 0) is 0 Å². The van der Waals surface area contributed by atoms with E-state index in [4.69, 9.17) is 0 Å². The summed E-state index contributed by atoms with van der Waals surface area (Å²) in [6.45, 7) is 6.72. The number of rotatable bonds is 1. The minimum atomic E-state index is 0.716. The molecule has 1 saturated heterocycles. The minimum absolute atomic E-state index is 0.716. The molecule has 0 unspecified atom stereocenters. The molecule has 2 atom stereocenters. The normalized spacial score (nSPS) is 28.0. The highest BCUT2D eigenvalue weighted by atomic mass is 15.2. The Hall–Kier alpha value is -1.02. The van der Waals surface area contributed by atoms with Gasteiger partial charge in [-0.1, -0.05) is 30.5 Å². The Bertz CT molecular complexity index is 425. The summed E-state index contributed by atoms with van der Waals surface area (Å²) in [5, 5.41) is 3.71. The van der Waals surface area contributed by atoms with E-state index in [0.717, 1.165) is 13.1 Å². The van der Waals surface area contributed by atoms with Gasteiger partial charge < -0.3 is 10.2 Å². The van der Waals surface area contributed by atoms with Gasteiger partial charge in [0.25, 0.3) is 0 Å². The maximum absolute atomic E-state index is 3.71. The lowest BCUT2D eigenvalue weighted by atomic mass is 9.87. The molecule has 3 rings (SSSR count). The van der Waals surface area contributed by atoms with Gasteiger partial charge in [0, 0.05) is 30.9 Å². The van der Waals surface area contributed by atoms with Crippen LogP contribution in [0.2, 0.25) is 0 Å². The smallest absolute Gasteiger partial charge is 0.0443 e. The number of nitrogens with zero attached hydrogens (tertiary/aromatic N) is 1. The Labute approximate surface area is 110 Å². The van der Waals surface area contributed by atoms with Crippen molar-refractivity contribution in [2.24, 2.45) is 0 Å². The lowest BCUT2D eigenvalue weighted by molar-refractivity contribution is 0.284. The van der Waals surface area contributed by atoms with Crippen molar-refractivity contribution in [3.63, 3.8) is 0 Å². The van der Waals surface area contributed by atoms with Crippen molar-refractivity contribution in [1.82, 2.24) is 5.32 Å². The molecule has 1 saturated carbocycles. The largest absolute Gasteiger partial charge is 0.365 e. The van der Waals surface area contributed by atoms with E-state index in [2.05, 4.69) is 42.3 Å². The first kappa shape index (κ1) is 12.0. The van der Waals surface area contributed by atoms with Gasteiger partial charge in [-0.15, -0.1) is 0 Å². The van der Waals surface area contributed by atoms with E-state index in [0.29, 0.717) is 12.1 Å². The first-order valence-corrected chi connectivity index (χ1v) is 7.33. The fraction of sp³-hybridized carbons (Fsp3) is 0.625. The van der Waals surface area contributed by atoms with Crippen molar-refractivity contribution in [2.75, 3.05) is 18.0 Å². The molecule has 2 fully saturated rings. The third-order valence-electron chi connectivity index (χ3n) is 4.55. The highest BCUT2D eigenvalue weighted by Gasteiger charge is 2.33. The second-order valence-corrected chi connectivity index (χ2v) is 5.90. The van der Waals surface area contributed by atoms with Crippen molar-refractivity contribution < 1.29 is 0 Å². The first-order chi connectivity index (χ1) is 8.75. The molecule has 0 aromatic heterocycles. The van der Waals surface area contributed by atoms with Gasteiger partial charge in [0.15, 0.2) is 0 Å². The fourth-order valence-corrected chi connectivity index (χ4v) is 3.69. The number of benzene rings is 1. The van der Waals surface area contributed by atoms with E-state index in [1.165, 1.54) is 42.5 Å². The van der Waals surface area contributed by atoms with Crippen molar-refractivity contribution in [3.05, 3.63) is 29.3 Å². The van der Waals surface area contributed by atoms with Crippen LogP contribution in [-0.4, -0.2) is 25.2 Å². The first-order valence-electron chi connectivity index (χ1n) is 7.33. The molecular weight excluding hydrogens is 220 g/mol. The second-order valence-electron chi connectivity index (χ2n) is 5.90. The fourth-order valence-electron chi connectivity index (χ4n) is 3.69. The quantitative estimate of drug-likeness (QED) is 0.817. The number of anilines is 1. The standard InChI is InChI=1S/C16H24N2/c1-12-7-8-15(13(2)11-12)18-10-9-17-14-5-3-4-6-16(14)18/h7-8,11,14,16-17H,3-6,9-10H2,1-2H3/t14-,16+/m0/s1. The molecule has 18 heavy (non-hydrogen) atoms. The van der Waals surface area contributed by atoms with Gasteiger partial charge >= 0.3 is 0 Å². The number of aryl methyl sites for hydroxylation is 2. The molecule has 2 nitrogen and oxygen atoms in total. The van der Waals surface area contributed by atoms with Crippen LogP contribution in [0.5, 0.6) is 0 Å². The van der Waals surface area contributed by atoms with Gasteiger partial charge in [-0.05, 0) is 38.3 Å². The molecule has 0 radical (unpaired) electrons. The van der Waals surface area contributed by atoms with Gasteiger partial charge in [-0.3, -0.25) is 0 Å². The predicted octanol–water partition coefficient (Wildman–Crippen LogP) is 3.02. The average molecular weight is 244 g/mol. The molecule has 98 valence electrons. The molecule has 1 aromatic carbocycles. The lowest BCUT2D eigenvalue weighted by Crippen LogP contribution is -2.59. The van der Waals surface area contributed by atoms with Crippen LogP contribution in [0, 0.1) is 13.8 Å². The zero-order valence-electron chi connectivity index (χ0n) is 11.6. The van der Waals surface area contributed by atoms with Crippen LogP contribution in [0.25, 0.3) is 0 Å².